The fourth-order valence-corrected chi connectivity index (χ4v) is 3.77. The molecule has 1 amide bonds. The molecule has 1 heterocycles. The number of ether oxygens (including phenoxy) is 2. The lowest BCUT2D eigenvalue weighted by atomic mass is 9.79. The number of nitrogens with zero attached hydrogens (tertiary/aromatic N) is 3. The van der Waals surface area contributed by atoms with Gasteiger partial charge in [-0.3, -0.25) is 0 Å². The van der Waals surface area contributed by atoms with Crippen molar-refractivity contribution in [1.82, 2.24) is 14.9 Å². The molecule has 0 spiro atoms. The molecule has 152 valence electrons. The van der Waals surface area contributed by atoms with Crippen LogP contribution >= 0.6 is 34.2 Å². The molecule has 1 aliphatic carbocycles. The van der Waals surface area contributed by atoms with E-state index in [9.17, 15) is 4.79 Å². The van der Waals surface area contributed by atoms with E-state index in [1.807, 2.05) is 20.8 Å². The average molecular weight is 511 g/mol. The van der Waals surface area contributed by atoms with Crippen molar-refractivity contribution in [1.29, 1.82) is 0 Å². The van der Waals surface area contributed by atoms with Crippen molar-refractivity contribution in [2.75, 3.05) is 26.0 Å². The van der Waals surface area contributed by atoms with Gasteiger partial charge in [0.05, 0.1) is 15.2 Å². The molecule has 0 unspecified atom stereocenters. The quantitative estimate of drug-likeness (QED) is 0.469. The molecule has 1 fully saturated rings. The standard InChI is InChI=1S/C18H28ClIN4O3/c1-17(2,3)27-16(25)24(4)11-18(8-6-12(26-5)7-9-18)23-14-13(20)10-21-15(19)22-14/h10,12H,6-9,11H2,1-5H3,(H,21,22,23)/t12-,18+. The molecule has 0 aliphatic heterocycles. The maximum absolute atomic E-state index is 12.5. The molecule has 0 atom stereocenters. The van der Waals surface area contributed by atoms with Crippen LogP contribution in [-0.4, -0.2) is 58.9 Å². The number of likely N-dealkylation sites (N-methyl/N-ethyl adjacent to an activating group) is 1. The molecule has 1 aromatic rings. The van der Waals surface area contributed by atoms with Gasteiger partial charge in [-0.05, 0) is 80.6 Å². The van der Waals surface area contributed by atoms with Crippen molar-refractivity contribution in [3.05, 3.63) is 15.1 Å². The topological polar surface area (TPSA) is 76.6 Å². The largest absolute Gasteiger partial charge is 0.444 e. The van der Waals surface area contributed by atoms with Gasteiger partial charge in [0.1, 0.15) is 11.4 Å². The van der Waals surface area contributed by atoms with Gasteiger partial charge < -0.3 is 19.7 Å². The Balaban J connectivity index is 2.20. The van der Waals surface area contributed by atoms with Crippen molar-refractivity contribution >= 4 is 46.1 Å². The van der Waals surface area contributed by atoms with Crippen LogP contribution in [0.2, 0.25) is 5.28 Å². The fourth-order valence-electron chi connectivity index (χ4n) is 3.25. The highest BCUT2D eigenvalue weighted by molar-refractivity contribution is 14.1. The van der Waals surface area contributed by atoms with Crippen LogP contribution in [-0.2, 0) is 9.47 Å². The van der Waals surface area contributed by atoms with Crippen LogP contribution in [0.5, 0.6) is 0 Å². The summed E-state index contributed by atoms with van der Waals surface area (Å²) in [6.45, 7) is 6.08. The van der Waals surface area contributed by atoms with Crippen molar-refractivity contribution in [3.8, 4) is 0 Å². The number of carbonyl (C=O) groups excluding carboxylic acids is 1. The molecule has 0 saturated heterocycles. The second kappa shape index (κ2) is 9.09. The van der Waals surface area contributed by atoms with Gasteiger partial charge in [0, 0.05) is 26.9 Å². The number of hydrogen-bond acceptors (Lipinski definition) is 6. The van der Waals surface area contributed by atoms with E-state index in [-0.39, 0.29) is 23.0 Å². The first-order valence-corrected chi connectivity index (χ1v) is 10.4. The summed E-state index contributed by atoms with van der Waals surface area (Å²) < 4.78 is 11.9. The highest BCUT2D eigenvalue weighted by atomic mass is 127. The van der Waals surface area contributed by atoms with E-state index >= 15 is 0 Å². The van der Waals surface area contributed by atoms with Crippen LogP contribution in [0.15, 0.2) is 6.20 Å². The first kappa shape index (κ1) is 22.4. The summed E-state index contributed by atoms with van der Waals surface area (Å²) in [6.07, 6.45) is 5.08. The van der Waals surface area contributed by atoms with E-state index in [2.05, 4.69) is 37.9 Å². The number of aromatic nitrogens is 2. The van der Waals surface area contributed by atoms with Crippen molar-refractivity contribution < 1.29 is 14.3 Å². The number of nitrogens with one attached hydrogen (secondary N) is 1. The number of amides is 1. The number of hydrogen-bond donors (Lipinski definition) is 1. The first-order chi connectivity index (χ1) is 12.5. The van der Waals surface area contributed by atoms with Gasteiger partial charge in [-0.25, -0.2) is 9.78 Å². The second-order valence-electron chi connectivity index (χ2n) is 8.01. The van der Waals surface area contributed by atoms with Crippen LogP contribution in [0.25, 0.3) is 0 Å². The van der Waals surface area contributed by atoms with Gasteiger partial charge >= 0.3 is 6.09 Å². The van der Waals surface area contributed by atoms with E-state index in [0.717, 1.165) is 29.3 Å². The molecule has 1 saturated carbocycles. The van der Waals surface area contributed by atoms with E-state index in [0.29, 0.717) is 12.4 Å². The summed E-state index contributed by atoms with van der Waals surface area (Å²) in [5.74, 6) is 0.684. The average Bonchev–Trinajstić information content (AvgIpc) is 2.57. The van der Waals surface area contributed by atoms with Gasteiger partial charge in [0.15, 0.2) is 0 Å². The fraction of sp³-hybridized carbons (Fsp3) is 0.722. The minimum absolute atomic E-state index is 0.194. The summed E-state index contributed by atoms with van der Waals surface area (Å²) >= 11 is 8.16. The van der Waals surface area contributed by atoms with Crippen molar-refractivity contribution in [2.24, 2.45) is 0 Å². The van der Waals surface area contributed by atoms with Gasteiger partial charge in [-0.2, -0.15) is 4.98 Å². The lowest BCUT2D eigenvalue weighted by Crippen LogP contribution is -2.53. The summed E-state index contributed by atoms with van der Waals surface area (Å²) in [7, 11) is 3.50. The number of anilines is 1. The maximum Gasteiger partial charge on any atom is 0.410 e. The first-order valence-electron chi connectivity index (χ1n) is 8.97. The molecular weight excluding hydrogens is 483 g/mol. The molecule has 27 heavy (non-hydrogen) atoms. The SMILES string of the molecule is CO[C@H]1CC[C@@](CN(C)C(=O)OC(C)(C)C)(Nc2nc(Cl)ncc2I)CC1. The van der Waals surface area contributed by atoms with Gasteiger partial charge in [0.25, 0.3) is 0 Å². The van der Waals surface area contributed by atoms with Crippen LogP contribution in [0.4, 0.5) is 10.6 Å². The maximum atomic E-state index is 12.5. The number of halogens is 2. The summed E-state index contributed by atoms with van der Waals surface area (Å²) in [4.78, 5) is 22.4. The monoisotopic (exact) mass is 510 g/mol. The Bertz CT molecular complexity index is 660. The van der Waals surface area contributed by atoms with E-state index in [4.69, 9.17) is 21.1 Å². The minimum atomic E-state index is -0.533. The zero-order valence-electron chi connectivity index (χ0n) is 16.5. The number of rotatable bonds is 5. The van der Waals surface area contributed by atoms with Gasteiger partial charge in [0.2, 0.25) is 5.28 Å². The third-order valence-electron chi connectivity index (χ3n) is 4.57. The smallest absolute Gasteiger partial charge is 0.410 e. The molecule has 0 aromatic carbocycles. The summed E-state index contributed by atoms with van der Waals surface area (Å²) in [5, 5.41) is 3.74. The molecule has 0 radical (unpaired) electrons. The van der Waals surface area contributed by atoms with Crippen molar-refractivity contribution in [2.45, 2.75) is 63.7 Å². The molecule has 2 rings (SSSR count). The Labute approximate surface area is 179 Å². The molecule has 1 N–H and O–H groups in total. The molecule has 1 aliphatic rings. The Hall–Kier alpha value is -0.870. The van der Waals surface area contributed by atoms with Gasteiger partial charge in [-0.15, -0.1) is 0 Å². The zero-order chi connectivity index (χ0) is 20.2. The zero-order valence-corrected chi connectivity index (χ0v) is 19.4. The lowest BCUT2D eigenvalue weighted by molar-refractivity contribution is 0.0189. The Kier molecular flexibility index (Phi) is 7.54. The van der Waals surface area contributed by atoms with E-state index in [1.165, 1.54) is 0 Å². The predicted molar refractivity (Wildman–Crippen MR) is 114 cm³/mol. The Morgan fingerprint density at radius 1 is 1.44 bits per heavy atom. The number of methoxy groups -OCH3 is 1. The predicted octanol–water partition coefficient (Wildman–Crippen LogP) is 4.34. The van der Waals surface area contributed by atoms with Crippen LogP contribution in [0, 0.1) is 3.57 Å². The van der Waals surface area contributed by atoms with Crippen molar-refractivity contribution in [3.63, 3.8) is 0 Å². The molecule has 1 aromatic heterocycles. The number of carbonyl (C=O) groups is 1. The second-order valence-corrected chi connectivity index (χ2v) is 9.51. The lowest BCUT2D eigenvalue weighted by Gasteiger charge is -2.43. The van der Waals surface area contributed by atoms with Gasteiger partial charge in [-0.1, -0.05) is 0 Å². The third-order valence-corrected chi connectivity index (χ3v) is 5.54. The van der Waals surface area contributed by atoms with E-state index in [1.54, 1.807) is 25.3 Å². The Morgan fingerprint density at radius 2 is 2.07 bits per heavy atom. The molecule has 9 heteroatoms. The normalized spacial score (nSPS) is 23.0. The molecular formula is C18H28ClIN4O3. The van der Waals surface area contributed by atoms with Crippen LogP contribution < -0.4 is 5.32 Å². The highest BCUT2D eigenvalue weighted by Crippen LogP contribution is 2.34. The Morgan fingerprint density at radius 3 is 2.63 bits per heavy atom. The van der Waals surface area contributed by atoms with Crippen LogP contribution in [0.1, 0.15) is 46.5 Å². The molecule has 0 bridgehead atoms. The summed E-state index contributed by atoms with van der Waals surface area (Å²) in [6, 6.07) is 0. The highest BCUT2D eigenvalue weighted by Gasteiger charge is 2.38. The van der Waals surface area contributed by atoms with Crippen LogP contribution in [0.3, 0.4) is 0 Å². The third kappa shape index (κ3) is 6.60. The van der Waals surface area contributed by atoms with E-state index < -0.39 is 5.60 Å². The minimum Gasteiger partial charge on any atom is -0.444 e. The summed E-state index contributed by atoms with van der Waals surface area (Å²) in [5.41, 5.74) is -0.868. The molecule has 7 nitrogen and oxygen atoms in total.